The minimum Gasteiger partial charge on any atom is -0.481 e. The summed E-state index contributed by atoms with van der Waals surface area (Å²) in [5.41, 5.74) is 2.31. The Hall–Kier alpha value is -3.35. The van der Waals surface area contributed by atoms with Crippen LogP contribution >= 0.6 is 23.2 Å². The van der Waals surface area contributed by atoms with Crippen LogP contribution in [-0.2, 0) is 15.0 Å². The molecule has 0 fully saturated rings. The van der Waals surface area contributed by atoms with Gasteiger partial charge in [-0.3, -0.25) is 14.4 Å². The lowest BCUT2D eigenvalue weighted by atomic mass is 9.82. The third kappa shape index (κ3) is 7.83. The van der Waals surface area contributed by atoms with Gasteiger partial charge >= 0.3 is 0 Å². The molecule has 1 atom stereocenters. The average molecular weight is 556 g/mol. The van der Waals surface area contributed by atoms with Gasteiger partial charge in [0, 0.05) is 16.3 Å². The molecule has 38 heavy (non-hydrogen) atoms. The summed E-state index contributed by atoms with van der Waals surface area (Å²) in [6, 6.07) is 18.9. The number of anilines is 2. The van der Waals surface area contributed by atoms with Gasteiger partial charge in [-0.1, -0.05) is 75.2 Å². The minimum atomic E-state index is -0.715. The highest BCUT2D eigenvalue weighted by atomic mass is 35.5. The van der Waals surface area contributed by atoms with Gasteiger partial charge in [0.25, 0.3) is 5.91 Å². The van der Waals surface area contributed by atoms with E-state index >= 15 is 0 Å². The van der Waals surface area contributed by atoms with Crippen molar-refractivity contribution in [3.05, 3.63) is 87.9 Å². The van der Waals surface area contributed by atoms with Crippen molar-refractivity contribution in [3.63, 3.8) is 0 Å². The Morgan fingerprint density at radius 1 is 0.921 bits per heavy atom. The second-order valence-electron chi connectivity index (χ2n) is 9.62. The number of ketones is 1. The monoisotopic (exact) mass is 554 g/mol. The van der Waals surface area contributed by atoms with Gasteiger partial charge in [0.1, 0.15) is 5.75 Å². The number of hydrogen-bond donors (Lipinski definition) is 2. The second kappa shape index (κ2) is 12.9. The molecule has 0 unspecified atom stereocenters. The molecular formula is C30H32Cl2N2O4. The molecule has 3 rings (SSSR count). The third-order valence-electron chi connectivity index (χ3n) is 6.44. The molecule has 8 heteroatoms. The summed E-state index contributed by atoms with van der Waals surface area (Å²) in [5.74, 6) is -0.655. The minimum absolute atomic E-state index is 0.0610. The number of rotatable bonds is 11. The van der Waals surface area contributed by atoms with Gasteiger partial charge in [-0.25, -0.2) is 0 Å². The van der Waals surface area contributed by atoms with Crippen molar-refractivity contribution in [2.24, 2.45) is 0 Å². The van der Waals surface area contributed by atoms with Crippen LogP contribution < -0.4 is 15.4 Å². The van der Waals surface area contributed by atoms with Gasteiger partial charge in [-0.2, -0.15) is 0 Å². The van der Waals surface area contributed by atoms with Gasteiger partial charge in [0.2, 0.25) is 5.91 Å². The quantitative estimate of drug-likeness (QED) is 0.188. The molecule has 3 aromatic carbocycles. The molecule has 0 radical (unpaired) electrons. The predicted octanol–water partition coefficient (Wildman–Crippen LogP) is 7.69. The van der Waals surface area contributed by atoms with Crippen LogP contribution in [0.15, 0.2) is 66.7 Å². The fraction of sp³-hybridized carbons (Fsp3) is 0.300. The van der Waals surface area contributed by atoms with Crippen LogP contribution in [0, 0.1) is 0 Å². The van der Waals surface area contributed by atoms with Crippen molar-refractivity contribution >= 4 is 52.2 Å². The van der Waals surface area contributed by atoms with Crippen LogP contribution in [0.2, 0.25) is 10.0 Å². The molecule has 0 saturated heterocycles. The molecular weight excluding hydrogens is 523 g/mol. The third-order valence-corrected chi connectivity index (χ3v) is 7.00. The van der Waals surface area contributed by atoms with Crippen molar-refractivity contribution in [1.82, 2.24) is 0 Å². The summed E-state index contributed by atoms with van der Waals surface area (Å²) in [4.78, 5) is 38.1. The zero-order chi connectivity index (χ0) is 27.9. The van der Waals surface area contributed by atoms with E-state index in [1.807, 2.05) is 31.2 Å². The Balaban J connectivity index is 1.61. The van der Waals surface area contributed by atoms with Gasteiger partial charge < -0.3 is 15.4 Å². The molecule has 0 saturated carbocycles. The lowest BCUT2D eigenvalue weighted by Gasteiger charge is -2.24. The van der Waals surface area contributed by atoms with E-state index < -0.39 is 24.2 Å². The van der Waals surface area contributed by atoms with Crippen LogP contribution in [0.3, 0.4) is 0 Å². The first-order valence-electron chi connectivity index (χ1n) is 12.5. The van der Waals surface area contributed by atoms with E-state index in [4.69, 9.17) is 27.9 Å². The zero-order valence-corrected chi connectivity index (χ0v) is 23.5. The van der Waals surface area contributed by atoms with Crippen LogP contribution in [-0.4, -0.2) is 23.7 Å². The van der Waals surface area contributed by atoms with E-state index in [1.54, 1.807) is 30.3 Å². The molecule has 0 aliphatic heterocycles. The van der Waals surface area contributed by atoms with Crippen molar-refractivity contribution in [1.29, 1.82) is 0 Å². The predicted molar refractivity (Wildman–Crippen MR) is 154 cm³/mol. The second-order valence-corrected chi connectivity index (χ2v) is 10.5. The summed E-state index contributed by atoms with van der Waals surface area (Å²) >= 11 is 12.0. The Kier molecular flexibility index (Phi) is 9.95. The van der Waals surface area contributed by atoms with E-state index in [0.717, 1.165) is 6.42 Å². The lowest BCUT2D eigenvalue weighted by molar-refractivity contribution is -0.122. The highest BCUT2D eigenvalue weighted by Crippen LogP contribution is 2.29. The average Bonchev–Trinajstić information content (AvgIpc) is 2.89. The highest BCUT2D eigenvalue weighted by Gasteiger charge is 2.21. The number of ether oxygens (including phenoxy) is 1. The van der Waals surface area contributed by atoms with E-state index in [9.17, 15) is 14.4 Å². The fourth-order valence-corrected chi connectivity index (χ4v) is 4.04. The maximum absolute atomic E-state index is 12.9. The fourth-order valence-electron chi connectivity index (χ4n) is 3.70. The van der Waals surface area contributed by atoms with Gasteiger partial charge in [-0.15, -0.1) is 0 Å². The first-order chi connectivity index (χ1) is 18.0. The summed E-state index contributed by atoms with van der Waals surface area (Å²) < 4.78 is 5.95. The number of halogens is 2. The highest BCUT2D eigenvalue weighted by molar-refractivity contribution is 6.35. The first-order valence-corrected chi connectivity index (χ1v) is 13.2. The molecule has 0 heterocycles. The number of benzene rings is 3. The topological polar surface area (TPSA) is 84.5 Å². The summed E-state index contributed by atoms with van der Waals surface area (Å²) in [5, 5.41) is 6.13. The van der Waals surface area contributed by atoms with Gasteiger partial charge in [0.05, 0.1) is 17.1 Å². The molecule has 0 aliphatic carbocycles. The van der Waals surface area contributed by atoms with Crippen molar-refractivity contribution < 1.29 is 19.1 Å². The lowest BCUT2D eigenvalue weighted by Crippen LogP contribution is -2.32. The summed E-state index contributed by atoms with van der Waals surface area (Å²) in [7, 11) is 0. The number of nitrogens with one attached hydrogen (secondary N) is 2. The van der Waals surface area contributed by atoms with E-state index in [1.165, 1.54) is 17.7 Å². The number of Topliss-reactive ketones (excluding diaryl/α,β-unsaturated/α-hetero) is 1. The van der Waals surface area contributed by atoms with Crippen molar-refractivity contribution in [3.8, 4) is 5.75 Å². The van der Waals surface area contributed by atoms with Crippen LogP contribution in [0.4, 0.5) is 11.4 Å². The Bertz CT molecular complexity index is 1310. The molecule has 3 aromatic rings. The Morgan fingerprint density at radius 2 is 1.63 bits per heavy atom. The molecule has 200 valence electrons. The summed E-state index contributed by atoms with van der Waals surface area (Å²) in [6.45, 7) is 8.39. The van der Waals surface area contributed by atoms with E-state index in [2.05, 4.69) is 31.4 Å². The molecule has 0 bridgehead atoms. The van der Waals surface area contributed by atoms with Gasteiger partial charge in [0.15, 0.2) is 11.9 Å². The normalized spacial score (nSPS) is 11.9. The van der Waals surface area contributed by atoms with Crippen molar-refractivity contribution in [2.45, 2.75) is 58.5 Å². The zero-order valence-electron chi connectivity index (χ0n) is 21.9. The molecule has 0 spiro atoms. The Morgan fingerprint density at radius 3 is 2.29 bits per heavy atom. The van der Waals surface area contributed by atoms with E-state index in [-0.39, 0.29) is 11.3 Å². The number of carbonyl (C=O) groups is 3. The van der Waals surface area contributed by atoms with Gasteiger partial charge in [-0.05, 0) is 66.3 Å². The maximum atomic E-state index is 12.9. The van der Waals surface area contributed by atoms with Crippen molar-refractivity contribution in [2.75, 3.05) is 10.6 Å². The molecule has 0 aliphatic rings. The molecule has 0 aromatic heterocycles. The largest absolute Gasteiger partial charge is 0.481 e. The number of amides is 2. The molecule has 2 amide bonds. The number of hydrogen-bond acceptors (Lipinski definition) is 4. The van der Waals surface area contributed by atoms with Crippen LogP contribution in [0.5, 0.6) is 5.75 Å². The standard InChI is InChI=1S/C30H32Cl2N2O4/c1-5-27(38-23-13-10-20(11-14-23)30(3,4)6-2)29(37)33-22-9-7-8-19(16-22)26(35)18-28(36)34-25-17-21(31)12-15-24(25)32/h7-17,27H,5-6,18H2,1-4H3,(H,33,37)(H,34,36)/t27-/m1/s1. The first kappa shape index (κ1) is 29.2. The Labute approximate surface area is 233 Å². The number of carbonyl (C=O) groups excluding carboxylic acids is 3. The molecule has 6 nitrogen and oxygen atoms in total. The van der Waals surface area contributed by atoms with E-state index in [0.29, 0.717) is 39.2 Å². The maximum Gasteiger partial charge on any atom is 0.265 e. The smallest absolute Gasteiger partial charge is 0.265 e. The summed E-state index contributed by atoms with van der Waals surface area (Å²) in [6.07, 6.45) is 0.355. The molecule has 2 N–H and O–H groups in total. The van der Waals surface area contributed by atoms with Crippen LogP contribution in [0.1, 0.15) is 62.9 Å². The van der Waals surface area contributed by atoms with Crippen LogP contribution in [0.25, 0.3) is 0 Å². The SMILES string of the molecule is CC[C@@H](Oc1ccc(C(C)(C)CC)cc1)C(=O)Nc1cccc(C(=O)CC(=O)Nc2cc(Cl)ccc2Cl)c1.